The zero-order valence-electron chi connectivity index (χ0n) is 15.0. The van der Waals surface area contributed by atoms with Crippen LogP contribution in [0.25, 0.3) is 0 Å². The second kappa shape index (κ2) is 6.88. The van der Waals surface area contributed by atoms with Crippen LogP contribution in [0.2, 0.25) is 0 Å². The fourth-order valence-electron chi connectivity index (χ4n) is 3.31. The number of piperazine rings is 1. The first-order chi connectivity index (χ1) is 10.6. The molecule has 1 fully saturated rings. The molecule has 0 amide bonds. The van der Waals surface area contributed by atoms with Crippen molar-refractivity contribution >= 4 is 10.0 Å². The molecule has 1 aliphatic heterocycles. The molecule has 0 saturated carbocycles. The second-order valence-corrected chi connectivity index (χ2v) is 8.70. The van der Waals surface area contributed by atoms with Gasteiger partial charge in [-0.25, -0.2) is 8.42 Å². The van der Waals surface area contributed by atoms with Crippen LogP contribution in [0.5, 0.6) is 0 Å². The Morgan fingerprint density at radius 3 is 2.22 bits per heavy atom. The van der Waals surface area contributed by atoms with E-state index in [-0.39, 0.29) is 12.1 Å². The highest BCUT2D eigenvalue weighted by atomic mass is 32.2. The van der Waals surface area contributed by atoms with E-state index in [1.54, 1.807) is 18.2 Å². The van der Waals surface area contributed by atoms with Crippen LogP contribution >= 0.6 is 0 Å². The third-order valence-corrected chi connectivity index (χ3v) is 6.63. The zero-order chi connectivity index (χ0) is 17.4. The fraction of sp³-hybridized carbons (Fsp3) is 0.800. The first kappa shape index (κ1) is 18.4. The number of nitrogens with zero attached hydrogens (tertiary/aromatic N) is 4. The average molecular weight is 343 g/mol. The molecule has 1 aromatic heterocycles. The van der Waals surface area contributed by atoms with E-state index in [1.165, 1.54) is 0 Å². The van der Waals surface area contributed by atoms with E-state index in [1.807, 2.05) is 0 Å². The number of H-pyrrole nitrogens is 1. The van der Waals surface area contributed by atoms with Gasteiger partial charge >= 0.3 is 0 Å². The first-order valence-corrected chi connectivity index (χ1v) is 9.50. The van der Waals surface area contributed by atoms with Crippen molar-refractivity contribution in [3.8, 4) is 0 Å². The molecule has 8 heteroatoms. The monoisotopic (exact) mass is 343 g/mol. The van der Waals surface area contributed by atoms with Crippen LogP contribution in [0.1, 0.15) is 25.2 Å². The third kappa shape index (κ3) is 3.76. The highest BCUT2D eigenvalue weighted by molar-refractivity contribution is 7.89. The van der Waals surface area contributed by atoms with E-state index in [0.29, 0.717) is 29.4 Å². The first-order valence-electron chi connectivity index (χ1n) is 8.06. The largest absolute Gasteiger partial charge is 0.308 e. The van der Waals surface area contributed by atoms with Crippen molar-refractivity contribution in [2.45, 2.75) is 44.7 Å². The Morgan fingerprint density at radius 1 is 1.22 bits per heavy atom. The number of aryl methyl sites for hydroxylation is 2. The molecule has 1 aliphatic rings. The number of hydrogen-bond donors (Lipinski definition) is 1. The fourth-order valence-corrected chi connectivity index (χ4v) is 5.24. The predicted molar refractivity (Wildman–Crippen MR) is 91.0 cm³/mol. The van der Waals surface area contributed by atoms with Crippen LogP contribution in [0.3, 0.4) is 0 Å². The maximum Gasteiger partial charge on any atom is 0.246 e. The number of rotatable bonds is 5. The molecule has 7 nitrogen and oxygen atoms in total. The lowest BCUT2D eigenvalue weighted by atomic mass is 10.1. The Balaban J connectivity index is 2.18. The molecular formula is C15H29N5O2S. The number of aromatic amines is 1. The van der Waals surface area contributed by atoms with Crippen molar-refractivity contribution in [3.63, 3.8) is 0 Å². The molecule has 0 aliphatic carbocycles. The number of sulfonamides is 1. The molecule has 1 aromatic rings. The maximum absolute atomic E-state index is 13.0. The summed E-state index contributed by atoms with van der Waals surface area (Å²) in [5.74, 6) is 0. The van der Waals surface area contributed by atoms with Gasteiger partial charge in [0.1, 0.15) is 4.90 Å². The van der Waals surface area contributed by atoms with Crippen molar-refractivity contribution in [2.24, 2.45) is 0 Å². The molecule has 2 rings (SSSR count). The lowest BCUT2D eigenvalue weighted by molar-refractivity contribution is 0.0708. The van der Waals surface area contributed by atoms with Gasteiger partial charge in [0.05, 0.1) is 11.4 Å². The van der Waals surface area contributed by atoms with E-state index < -0.39 is 10.0 Å². The Hall–Kier alpha value is -0.960. The van der Waals surface area contributed by atoms with Crippen molar-refractivity contribution in [1.82, 2.24) is 24.3 Å². The van der Waals surface area contributed by atoms with Crippen LogP contribution in [-0.2, 0) is 10.0 Å². The summed E-state index contributed by atoms with van der Waals surface area (Å²) in [6, 6.07) is 0.391. The summed E-state index contributed by atoms with van der Waals surface area (Å²) in [4.78, 5) is 4.88. The zero-order valence-corrected chi connectivity index (χ0v) is 15.8. The number of likely N-dealkylation sites (N-methyl/N-ethyl adjacent to an activating group) is 1. The lowest BCUT2D eigenvalue weighted by Gasteiger charge is -2.44. The number of aromatic nitrogens is 2. The van der Waals surface area contributed by atoms with E-state index in [9.17, 15) is 8.42 Å². The normalized spacial score (nSPS) is 24.5. The van der Waals surface area contributed by atoms with Crippen molar-refractivity contribution < 1.29 is 8.42 Å². The van der Waals surface area contributed by atoms with E-state index in [4.69, 9.17) is 0 Å². The van der Waals surface area contributed by atoms with Gasteiger partial charge in [-0.2, -0.15) is 9.40 Å². The van der Waals surface area contributed by atoms with Crippen LogP contribution in [0.4, 0.5) is 0 Å². The van der Waals surface area contributed by atoms with E-state index in [0.717, 1.165) is 13.1 Å². The highest BCUT2D eigenvalue weighted by Gasteiger charge is 2.37. The SMILES string of the molecule is Cc1n[nH]c(C)c1S(=O)(=O)N1CC(C)N(CCN(C)C)C(C)C1. The third-order valence-electron chi connectivity index (χ3n) is 4.53. The van der Waals surface area contributed by atoms with Gasteiger partial charge < -0.3 is 4.90 Å². The maximum atomic E-state index is 13.0. The van der Waals surface area contributed by atoms with Crippen molar-refractivity contribution in [2.75, 3.05) is 40.3 Å². The quantitative estimate of drug-likeness (QED) is 0.851. The number of hydrogen-bond acceptors (Lipinski definition) is 5. The van der Waals surface area contributed by atoms with E-state index >= 15 is 0 Å². The molecule has 2 heterocycles. The van der Waals surface area contributed by atoms with Crippen molar-refractivity contribution in [3.05, 3.63) is 11.4 Å². The molecule has 0 spiro atoms. The van der Waals surface area contributed by atoms with Gasteiger partial charge in [0.15, 0.2) is 0 Å². The average Bonchev–Trinajstić information content (AvgIpc) is 2.77. The molecule has 0 radical (unpaired) electrons. The number of nitrogens with one attached hydrogen (secondary N) is 1. The van der Waals surface area contributed by atoms with Crippen LogP contribution in [-0.4, -0.2) is 85.1 Å². The standard InChI is InChI=1S/C15H29N5O2S/c1-11-9-19(10-12(2)20(11)8-7-18(5)6)23(21,22)15-13(3)16-17-14(15)4/h11-12H,7-10H2,1-6H3,(H,16,17). The molecule has 0 bridgehead atoms. The summed E-state index contributed by atoms with van der Waals surface area (Å²) in [5.41, 5.74) is 1.15. The molecule has 2 atom stereocenters. The molecule has 1 N–H and O–H groups in total. The Labute approximate surface area is 139 Å². The van der Waals surface area contributed by atoms with Gasteiger partial charge in [-0.05, 0) is 41.8 Å². The minimum atomic E-state index is -3.50. The molecule has 2 unspecified atom stereocenters. The summed E-state index contributed by atoms with van der Waals surface area (Å²) in [7, 11) is 0.614. The summed E-state index contributed by atoms with van der Waals surface area (Å²) in [6.07, 6.45) is 0. The molecule has 132 valence electrons. The summed E-state index contributed by atoms with van der Waals surface area (Å²) in [6.45, 7) is 10.7. The Kier molecular flexibility index (Phi) is 5.50. The Morgan fingerprint density at radius 2 is 1.78 bits per heavy atom. The Bertz CT molecular complexity index is 609. The van der Waals surface area contributed by atoms with Gasteiger partial charge in [-0.15, -0.1) is 0 Å². The van der Waals surface area contributed by atoms with E-state index in [2.05, 4.69) is 47.9 Å². The molecule has 0 aromatic carbocycles. The highest BCUT2D eigenvalue weighted by Crippen LogP contribution is 2.26. The summed E-state index contributed by atoms with van der Waals surface area (Å²) < 4.78 is 27.6. The van der Waals surface area contributed by atoms with Crippen LogP contribution in [0.15, 0.2) is 4.90 Å². The minimum Gasteiger partial charge on any atom is -0.308 e. The molecule has 23 heavy (non-hydrogen) atoms. The summed E-state index contributed by atoms with van der Waals surface area (Å²) in [5, 5.41) is 6.81. The lowest BCUT2D eigenvalue weighted by Crippen LogP contribution is -2.58. The van der Waals surface area contributed by atoms with Gasteiger partial charge in [0, 0.05) is 38.3 Å². The molecule has 1 saturated heterocycles. The minimum absolute atomic E-state index is 0.195. The van der Waals surface area contributed by atoms with Crippen LogP contribution < -0.4 is 0 Å². The molecular weight excluding hydrogens is 314 g/mol. The van der Waals surface area contributed by atoms with Gasteiger partial charge in [-0.3, -0.25) is 10.00 Å². The van der Waals surface area contributed by atoms with Gasteiger partial charge in [0.25, 0.3) is 0 Å². The van der Waals surface area contributed by atoms with Gasteiger partial charge in [-0.1, -0.05) is 0 Å². The topological polar surface area (TPSA) is 72.5 Å². The second-order valence-electron chi connectivity index (χ2n) is 6.82. The summed E-state index contributed by atoms with van der Waals surface area (Å²) >= 11 is 0. The van der Waals surface area contributed by atoms with Crippen molar-refractivity contribution in [1.29, 1.82) is 0 Å². The van der Waals surface area contributed by atoms with Crippen LogP contribution in [0, 0.1) is 13.8 Å². The smallest absolute Gasteiger partial charge is 0.246 e. The predicted octanol–water partition coefficient (Wildman–Crippen LogP) is 0.671. The van der Waals surface area contributed by atoms with Gasteiger partial charge in [0.2, 0.25) is 10.0 Å².